The van der Waals surface area contributed by atoms with Crippen molar-refractivity contribution in [1.82, 2.24) is 4.90 Å². The molecule has 1 rings (SSSR count). The van der Waals surface area contributed by atoms with E-state index in [1.807, 2.05) is 13.1 Å². The largest absolute Gasteiger partial charge is 0.379 e. The van der Waals surface area contributed by atoms with E-state index in [-0.39, 0.29) is 12.4 Å². The van der Waals surface area contributed by atoms with Crippen LogP contribution in [0.25, 0.3) is 0 Å². The summed E-state index contributed by atoms with van der Waals surface area (Å²) in [6, 6.07) is 0. The zero-order chi connectivity index (χ0) is 16.0. The zero-order valence-corrected chi connectivity index (χ0v) is 14.7. The summed E-state index contributed by atoms with van der Waals surface area (Å²) in [5.41, 5.74) is 0. The molecule has 0 aromatic carbocycles. The lowest BCUT2D eigenvalue weighted by Gasteiger charge is -2.25. The number of unbranched alkanes of at least 4 members (excludes halogenated alkanes) is 8. The van der Waals surface area contributed by atoms with Crippen LogP contribution in [0.15, 0.2) is 17.1 Å². The van der Waals surface area contributed by atoms with Crippen molar-refractivity contribution in [2.75, 3.05) is 6.54 Å². The molecule has 3 nitrogen and oxygen atoms in total. The first-order valence-corrected chi connectivity index (χ1v) is 9.36. The molecule has 1 aliphatic rings. The Morgan fingerprint density at radius 1 is 1.09 bits per heavy atom. The normalized spacial score (nSPS) is 20.2. The third-order valence-electron chi connectivity index (χ3n) is 4.41. The van der Waals surface area contributed by atoms with Crippen LogP contribution >= 0.6 is 0 Å². The van der Waals surface area contributed by atoms with Gasteiger partial charge in [0.2, 0.25) is 0 Å². The smallest absolute Gasteiger partial charge is 0.106 e. The summed E-state index contributed by atoms with van der Waals surface area (Å²) in [4.78, 5) is 6.51. The molecule has 128 valence electrons. The van der Waals surface area contributed by atoms with E-state index < -0.39 is 0 Å². The first-order chi connectivity index (χ1) is 10.8. The van der Waals surface area contributed by atoms with Crippen LogP contribution in [0, 0.1) is 0 Å². The molecule has 2 unspecified atom stereocenters. The fraction of sp³-hybridized carbons (Fsp3) is 0.842. The summed E-state index contributed by atoms with van der Waals surface area (Å²) in [7, 11) is 0. The van der Waals surface area contributed by atoms with E-state index in [0.29, 0.717) is 0 Å². The average molecular weight is 309 g/mol. The molecule has 1 aliphatic heterocycles. The molecule has 0 amide bonds. The van der Waals surface area contributed by atoms with Crippen molar-refractivity contribution >= 4 is 6.21 Å². The predicted molar refractivity (Wildman–Crippen MR) is 96.3 cm³/mol. The highest BCUT2D eigenvalue weighted by Gasteiger charge is 2.23. The Hall–Kier alpha value is -0.670. The van der Waals surface area contributed by atoms with Gasteiger partial charge in [0.05, 0.1) is 0 Å². The first-order valence-electron chi connectivity index (χ1n) is 9.36. The standard InChI is InChI=1S/C19H36N2O/c1-3-4-5-6-7-8-9-10-11-12-13-14-15-19-20-16-17-21(19)18(2)22/h8-9,16,18-19,22H,3-7,10-15,17H2,1-2H3/b9-8+. The molecule has 0 aromatic rings. The molecule has 0 spiro atoms. The van der Waals surface area contributed by atoms with Crippen LogP contribution in [-0.2, 0) is 0 Å². The molecule has 2 atom stereocenters. The van der Waals surface area contributed by atoms with Crippen LogP contribution < -0.4 is 0 Å². The number of aliphatic hydroxyl groups is 1. The van der Waals surface area contributed by atoms with Gasteiger partial charge in [0.15, 0.2) is 0 Å². The second kappa shape index (κ2) is 12.8. The van der Waals surface area contributed by atoms with Gasteiger partial charge < -0.3 is 5.11 Å². The number of rotatable bonds is 13. The van der Waals surface area contributed by atoms with Crippen molar-refractivity contribution in [2.24, 2.45) is 4.99 Å². The second-order valence-corrected chi connectivity index (χ2v) is 6.45. The maximum absolute atomic E-state index is 9.65. The van der Waals surface area contributed by atoms with Crippen molar-refractivity contribution < 1.29 is 5.11 Å². The molecule has 0 saturated heterocycles. The minimum Gasteiger partial charge on any atom is -0.379 e. The highest BCUT2D eigenvalue weighted by atomic mass is 16.3. The van der Waals surface area contributed by atoms with Gasteiger partial charge in [-0.05, 0) is 45.4 Å². The predicted octanol–water partition coefficient (Wildman–Crippen LogP) is 4.90. The van der Waals surface area contributed by atoms with E-state index in [2.05, 4.69) is 29.0 Å². The van der Waals surface area contributed by atoms with Crippen LogP contribution in [-0.4, -0.2) is 35.2 Å². The lowest BCUT2D eigenvalue weighted by Crippen LogP contribution is -2.37. The summed E-state index contributed by atoms with van der Waals surface area (Å²) < 4.78 is 0. The molecular weight excluding hydrogens is 272 g/mol. The topological polar surface area (TPSA) is 35.8 Å². The van der Waals surface area contributed by atoms with Crippen LogP contribution in [0.5, 0.6) is 0 Å². The molecule has 0 fully saturated rings. The van der Waals surface area contributed by atoms with Crippen molar-refractivity contribution in [3.8, 4) is 0 Å². The van der Waals surface area contributed by atoms with Crippen LogP contribution in [0.3, 0.4) is 0 Å². The van der Waals surface area contributed by atoms with Crippen LogP contribution in [0.2, 0.25) is 0 Å². The Labute approximate surface area is 137 Å². The Morgan fingerprint density at radius 3 is 2.36 bits per heavy atom. The quantitative estimate of drug-likeness (QED) is 0.388. The van der Waals surface area contributed by atoms with Gasteiger partial charge in [0, 0.05) is 12.8 Å². The highest BCUT2D eigenvalue weighted by molar-refractivity contribution is 5.62. The second-order valence-electron chi connectivity index (χ2n) is 6.45. The zero-order valence-electron chi connectivity index (χ0n) is 14.7. The maximum Gasteiger partial charge on any atom is 0.106 e. The van der Waals surface area contributed by atoms with Crippen molar-refractivity contribution in [2.45, 2.75) is 96.9 Å². The molecule has 22 heavy (non-hydrogen) atoms. The fourth-order valence-electron chi connectivity index (χ4n) is 2.98. The third kappa shape index (κ3) is 8.70. The maximum atomic E-state index is 9.65. The molecular formula is C19H36N2O. The Balaban J connectivity index is 1.89. The lowest BCUT2D eigenvalue weighted by atomic mass is 10.1. The van der Waals surface area contributed by atoms with Gasteiger partial charge in [0.1, 0.15) is 12.4 Å². The molecule has 0 radical (unpaired) electrons. The summed E-state index contributed by atoms with van der Waals surface area (Å²) in [5.74, 6) is 0. The van der Waals surface area contributed by atoms with Gasteiger partial charge in [-0.2, -0.15) is 0 Å². The Bertz CT molecular complexity index is 313. The van der Waals surface area contributed by atoms with Gasteiger partial charge in [-0.1, -0.05) is 51.2 Å². The van der Waals surface area contributed by atoms with Crippen LogP contribution in [0.1, 0.15) is 84.5 Å². The van der Waals surface area contributed by atoms with E-state index in [9.17, 15) is 5.11 Å². The molecule has 1 heterocycles. The van der Waals surface area contributed by atoms with E-state index in [0.717, 1.165) is 13.0 Å². The molecule has 0 aliphatic carbocycles. The molecule has 3 heteroatoms. The summed E-state index contributed by atoms with van der Waals surface area (Å²) in [5, 5.41) is 9.65. The first kappa shape index (κ1) is 19.4. The number of allylic oxidation sites excluding steroid dienone is 2. The van der Waals surface area contributed by atoms with E-state index in [4.69, 9.17) is 0 Å². The molecule has 0 aromatic heterocycles. The average Bonchev–Trinajstić information content (AvgIpc) is 2.97. The van der Waals surface area contributed by atoms with Gasteiger partial charge in [0.25, 0.3) is 0 Å². The summed E-state index contributed by atoms with van der Waals surface area (Å²) in [6.07, 6.45) is 20.6. The lowest BCUT2D eigenvalue weighted by molar-refractivity contribution is 0.00710. The molecule has 0 bridgehead atoms. The number of aliphatic hydroxyl groups excluding tert-OH is 1. The van der Waals surface area contributed by atoms with E-state index in [1.54, 1.807) is 0 Å². The minimum absolute atomic E-state index is 0.211. The third-order valence-corrected chi connectivity index (χ3v) is 4.41. The van der Waals surface area contributed by atoms with E-state index >= 15 is 0 Å². The van der Waals surface area contributed by atoms with E-state index in [1.165, 1.54) is 64.2 Å². The van der Waals surface area contributed by atoms with Gasteiger partial charge >= 0.3 is 0 Å². The van der Waals surface area contributed by atoms with Crippen molar-refractivity contribution in [3.63, 3.8) is 0 Å². The van der Waals surface area contributed by atoms with Gasteiger partial charge in [-0.3, -0.25) is 9.89 Å². The number of nitrogens with zero attached hydrogens (tertiary/aromatic N) is 2. The Kier molecular flexibility index (Phi) is 11.3. The number of aliphatic imine (C=N–C) groups is 1. The van der Waals surface area contributed by atoms with Gasteiger partial charge in [-0.25, -0.2) is 0 Å². The summed E-state index contributed by atoms with van der Waals surface area (Å²) >= 11 is 0. The van der Waals surface area contributed by atoms with Gasteiger partial charge in [-0.15, -0.1) is 0 Å². The Morgan fingerprint density at radius 2 is 1.73 bits per heavy atom. The number of hydrogen-bond acceptors (Lipinski definition) is 3. The SMILES string of the molecule is CCCCCC/C=C/CCCCCCC1N=CCN1C(C)O. The minimum atomic E-state index is -0.380. The molecule has 1 N–H and O–H groups in total. The summed E-state index contributed by atoms with van der Waals surface area (Å²) in [6.45, 7) is 4.89. The monoisotopic (exact) mass is 308 g/mol. The number of hydrogen-bond donors (Lipinski definition) is 1. The van der Waals surface area contributed by atoms with Crippen LogP contribution in [0.4, 0.5) is 0 Å². The van der Waals surface area contributed by atoms with Crippen molar-refractivity contribution in [1.29, 1.82) is 0 Å². The van der Waals surface area contributed by atoms with Crippen molar-refractivity contribution in [3.05, 3.63) is 12.2 Å². The fourth-order valence-corrected chi connectivity index (χ4v) is 2.98. The molecule has 0 saturated carbocycles. The highest BCUT2D eigenvalue weighted by Crippen LogP contribution is 2.17.